The third-order valence-electron chi connectivity index (χ3n) is 4.55. The molecule has 7 nitrogen and oxygen atoms in total. The third-order valence-corrected chi connectivity index (χ3v) is 4.80. The summed E-state index contributed by atoms with van der Waals surface area (Å²) in [5.74, 6) is -1.51. The molecule has 1 fully saturated rings. The highest BCUT2D eigenvalue weighted by Crippen LogP contribution is 2.27. The van der Waals surface area contributed by atoms with Crippen LogP contribution in [0.3, 0.4) is 0 Å². The number of nitrogens with one attached hydrogen (secondary N) is 1. The highest BCUT2D eigenvalue weighted by molar-refractivity contribution is 6.39. The average molecular weight is 405 g/mol. The highest BCUT2D eigenvalue weighted by atomic mass is 35.5. The van der Waals surface area contributed by atoms with Gasteiger partial charge in [0.1, 0.15) is 12.1 Å². The van der Waals surface area contributed by atoms with Crippen LogP contribution in [-0.2, 0) is 16.1 Å². The Bertz CT molecular complexity index is 1240. The Morgan fingerprint density at radius 1 is 1.07 bits per heavy atom. The second kappa shape index (κ2) is 7.26. The van der Waals surface area contributed by atoms with E-state index in [1.807, 2.05) is 24.3 Å². The quantitative estimate of drug-likeness (QED) is 0.534. The zero-order valence-electron chi connectivity index (χ0n) is 14.9. The average Bonchev–Trinajstić information content (AvgIpc) is 3.04. The van der Waals surface area contributed by atoms with Gasteiger partial charge < -0.3 is 4.57 Å². The first-order chi connectivity index (χ1) is 14.0. The molecule has 0 bridgehead atoms. The number of nitriles is 1. The van der Waals surface area contributed by atoms with E-state index < -0.39 is 17.8 Å². The van der Waals surface area contributed by atoms with E-state index >= 15 is 0 Å². The summed E-state index contributed by atoms with van der Waals surface area (Å²) >= 11 is 5.87. The molecule has 1 saturated heterocycles. The van der Waals surface area contributed by atoms with Crippen molar-refractivity contribution in [1.82, 2.24) is 9.88 Å². The number of halogens is 1. The number of rotatable bonds is 3. The summed E-state index contributed by atoms with van der Waals surface area (Å²) in [6, 6.07) is 14.7. The standard InChI is InChI=1S/C21H13ClN4O3/c22-14-5-7-15(8-6-14)26-20(28)17(19(27)24-21(26)29)11-13-12-25(10-9-23)18-4-2-1-3-16(13)18/h1-8,11-12H,10H2,(H,24,27,29)/b17-11-. The van der Waals surface area contributed by atoms with Crippen molar-refractivity contribution in [3.05, 3.63) is 70.9 Å². The molecule has 0 aliphatic carbocycles. The molecule has 1 aliphatic heterocycles. The maximum atomic E-state index is 13.0. The molecule has 0 unspecified atom stereocenters. The van der Waals surface area contributed by atoms with E-state index in [9.17, 15) is 14.4 Å². The number of imide groups is 2. The fourth-order valence-corrected chi connectivity index (χ4v) is 3.36. The minimum absolute atomic E-state index is 0.124. The summed E-state index contributed by atoms with van der Waals surface area (Å²) in [7, 11) is 0. The summed E-state index contributed by atoms with van der Waals surface area (Å²) in [5, 5.41) is 12.5. The molecule has 29 heavy (non-hydrogen) atoms. The van der Waals surface area contributed by atoms with E-state index in [2.05, 4.69) is 11.4 Å². The number of fused-ring (bicyclic) bond motifs is 1. The summed E-state index contributed by atoms with van der Waals surface area (Å²) in [6.45, 7) is 0.124. The van der Waals surface area contributed by atoms with Crippen LogP contribution in [0.4, 0.5) is 10.5 Å². The predicted octanol–water partition coefficient (Wildman–Crippen LogP) is 3.48. The van der Waals surface area contributed by atoms with Gasteiger partial charge in [-0.3, -0.25) is 14.9 Å². The minimum atomic E-state index is -0.827. The van der Waals surface area contributed by atoms with Crippen LogP contribution in [0.2, 0.25) is 5.02 Å². The van der Waals surface area contributed by atoms with Crippen molar-refractivity contribution in [3.63, 3.8) is 0 Å². The number of benzene rings is 2. The fourth-order valence-electron chi connectivity index (χ4n) is 3.23. The number of anilines is 1. The van der Waals surface area contributed by atoms with Crippen molar-refractivity contribution < 1.29 is 14.4 Å². The van der Waals surface area contributed by atoms with E-state index in [1.165, 1.54) is 18.2 Å². The van der Waals surface area contributed by atoms with Crippen molar-refractivity contribution in [2.24, 2.45) is 0 Å². The van der Waals surface area contributed by atoms with Crippen molar-refractivity contribution in [3.8, 4) is 6.07 Å². The largest absolute Gasteiger partial charge is 0.335 e. The number of barbiturate groups is 1. The lowest BCUT2D eigenvalue weighted by Crippen LogP contribution is -2.54. The van der Waals surface area contributed by atoms with Gasteiger partial charge in [-0.2, -0.15) is 5.26 Å². The summed E-state index contributed by atoms with van der Waals surface area (Å²) in [5.41, 5.74) is 1.51. The number of urea groups is 1. The Balaban J connectivity index is 1.81. The Kier molecular flexibility index (Phi) is 4.63. The van der Waals surface area contributed by atoms with Crippen molar-refractivity contribution >= 4 is 52.1 Å². The topological polar surface area (TPSA) is 95.2 Å². The van der Waals surface area contributed by atoms with Gasteiger partial charge in [0, 0.05) is 27.7 Å². The van der Waals surface area contributed by atoms with Crippen LogP contribution in [0.1, 0.15) is 5.56 Å². The summed E-state index contributed by atoms with van der Waals surface area (Å²) in [4.78, 5) is 38.5. The van der Waals surface area contributed by atoms with Gasteiger partial charge in [-0.15, -0.1) is 0 Å². The van der Waals surface area contributed by atoms with Crippen molar-refractivity contribution in [1.29, 1.82) is 5.26 Å². The second-order valence-corrected chi connectivity index (χ2v) is 6.76. The van der Waals surface area contributed by atoms with E-state index in [1.54, 1.807) is 22.9 Å². The van der Waals surface area contributed by atoms with Crippen molar-refractivity contribution in [2.45, 2.75) is 6.54 Å². The number of para-hydroxylation sites is 1. The third kappa shape index (κ3) is 3.26. The van der Waals surface area contributed by atoms with Gasteiger partial charge in [0.25, 0.3) is 11.8 Å². The van der Waals surface area contributed by atoms with Crippen LogP contribution in [0.15, 0.2) is 60.3 Å². The van der Waals surface area contributed by atoms with Crippen LogP contribution in [0, 0.1) is 11.3 Å². The molecule has 1 aliphatic rings. The van der Waals surface area contributed by atoms with E-state index in [0.29, 0.717) is 16.3 Å². The van der Waals surface area contributed by atoms with Gasteiger partial charge in [-0.25, -0.2) is 9.69 Å². The number of amides is 4. The van der Waals surface area contributed by atoms with E-state index in [-0.39, 0.29) is 12.1 Å². The molecule has 4 rings (SSSR count). The minimum Gasteiger partial charge on any atom is -0.333 e. The maximum Gasteiger partial charge on any atom is 0.335 e. The molecule has 2 aromatic carbocycles. The number of hydrogen-bond acceptors (Lipinski definition) is 4. The molecule has 8 heteroatoms. The first-order valence-electron chi connectivity index (χ1n) is 8.61. The molecule has 142 valence electrons. The van der Waals surface area contributed by atoms with Gasteiger partial charge in [0.05, 0.1) is 11.8 Å². The van der Waals surface area contributed by atoms with Crippen LogP contribution in [0.25, 0.3) is 17.0 Å². The molecule has 0 saturated carbocycles. The second-order valence-electron chi connectivity index (χ2n) is 6.32. The molecule has 0 atom stereocenters. The number of hydrogen-bond donors (Lipinski definition) is 1. The van der Waals surface area contributed by atoms with Crippen LogP contribution < -0.4 is 10.2 Å². The highest BCUT2D eigenvalue weighted by Gasteiger charge is 2.36. The monoisotopic (exact) mass is 404 g/mol. The molecular formula is C21H13ClN4O3. The smallest absolute Gasteiger partial charge is 0.333 e. The van der Waals surface area contributed by atoms with E-state index in [0.717, 1.165) is 15.8 Å². The molecule has 1 aromatic heterocycles. The Labute approximate surface area is 170 Å². The van der Waals surface area contributed by atoms with Crippen LogP contribution in [0.5, 0.6) is 0 Å². The number of carbonyl (C=O) groups excluding carboxylic acids is 3. The van der Waals surface area contributed by atoms with Gasteiger partial charge in [-0.05, 0) is 36.4 Å². The number of carbonyl (C=O) groups is 3. The number of nitrogens with zero attached hydrogens (tertiary/aromatic N) is 3. The fraction of sp³-hybridized carbons (Fsp3) is 0.0476. The van der Waals surface area contributed by atoms with Gasteiger partial charge in [-0.1, -0.05) is 29.8 Å². The van der Waals surface area contributed by atoms with E-state index in [4.69, 9.17) is 16.9 Å². The Morgan fingerprint density at radius 2 is 1.79 bits per heavy atom. The lowest BCUT2D eigenvalue weighted by molar-refractivity contribution is -0.122. The molecule has 3 aromatic rings. The number of aromatic nitrogens is 1. The normalized spacial score (nSPS) is 15.7. The predicted molar refractivity (Wildman–Crippen MR) is 108 cm³/mol. The molecule has 4 amide bonds. The molecular weight excluding hydrogens is 392 g/mol. The Hall–Kier alpha value is -3.89. The molecule has 1 N–H and O–H groups in total. The lowest BCUT2D eigenvalue weighted by atomic mass is 10.1. The van der Waals surface area contributed by atoms with Crippen LogP contribution >= 0.6 is 11.6 Å². The summed E-state index contributed by atoms with van der Waals surface area (Å²) < 4.78 is 1.73. The van der Waals surface area contributed by atoms with Gasteiger partial charge in [0.15, 0.2) is 0 Å². The molecule has 2 heterocycles. The maximum absolute atomic E-state index is 13.0. The first kappa shape index (κ1) is 18.5. The molecule has 0 radical (unpaired) electrons. The zero-order chi connectivity index (χ0) is 20.5. The van der Waals surface area contributed by atoms with Crippen molar-refractivity contribution in [2.75, 3.05) is 4.90 Å². The lowest BCUT2D eigenvalue weighted by Gasteiger charge is -2.26. The van der Waals surface area contributed by atoms with Gasteiger partial charge >= 0.3 is 6.03 Å². The Morgan fingerprint density at radius 3 is 2.52 bits per heavy atom. The summed E-state index contributed by atoms with van der Waals surface area (Å²) in [6.07, 6.45) is 3.13. The first-order valence-corrected chi connectivity index (χ1v) is 8.99. The van der Waals surface area contributed by atoms with Gasteiger partial charge in [0.2, 0.25) is 0 Å². The van der Waals surface area contributed by atoms with Crippen LogP contribution in [-0.4, -0.2) is 22.4 Å². The molecule has 0 spiro atoms. The SMILES string of the molecule is N#CCn1cc(/C=C2/C(=O)NC(=O)N(c3ccc(Cl)cc3)C2=O)c2ccccc21. The zero-order valence-corrected chi connectivity index (χ0v) is 15.7.